The minimum absolute atomic E-state index is 0.154. The van der Waals surface area contributed by atoms with Crippen molar-refractivity contribution in [3.8, 4) is 0 Å². The summed E-state index contributed by atoms with van der Waals surface area (Å²) in [5.74, 6) is -0.357. The van der Waals surface area contributed by atoms with Gasteiger partial charge in [0.25, 0.3) is 11.8 Å². The van der Waals surface area contributed by atoms with Crippen molar-refractivity contribution in [1.82, 2.24) is 10.2 Å². The van der Waals surface area contributed by atoms with Crippen molar-refractivity contribution in [3.05, 3.63) is 59.2 Å². The van der Waals surface area contributed by atoms with Crippen LogP contribution < -0.4 is 15.5 Å². The highest BCUT2D eigenvalue weighted by atomic mass is 16.5. The van der Waals surface area contributed by atoms with Gasteiger partial charge >= 0.3 is 0 Å². The van der Waals surface area contributed by atoms with Crippen LogP contribution in [0.15, 0.2) is 42.5 Å². The molecule has 0 radical (unpaired) electrons. The van der Waals surface area contributed by atoms with Crippen LogP contribution >= 0.6 is 0 Å². The fraction of sp³-hybridized carbons (Fsp3) is 0.391. The first kappa shape index (κ1) is 21.8. The fourth-order valence-corrected chi connectivity index (χ4v) is 3.34. The summed E-state index contributed by atoms with van der Waals surface area (Å²) in [7, 11) is 3.79. The van der Waals surface area contributed by atoms with Crippen LogP contribution in [-0.4, -0.2) is 70.2 Å². The van der Waals surface area contributed by atoms with E-state index in [1.807, 2.05) is 50.2 Å². The molecule has 2 aromatic carbocycles. The van der Waals surface area contributed by atoms with Crippen molar-refractivity contribution in [2.24, 2.45) is 0 Å². The van der Waals surface area contributed by atoms with Gasteiger partial charge in [0.2, 0.25) is 0 Å². The third kappa shape index (κ3) is 5.81. The van der Waals surface area contributed by atoms with Gasteiger partial charge in [0, 0.05) is 57.2 Å². The maximum absolute atomic E-state index is 12.9. The number of carbonyl (C=O) groups is 2. The van der Waals surface area contributed by atoms with Crippen LogP contribution in [0.4, 0.5) is 11.4 Å². The number of carbonyl (C=O) groups excluding carboxylic acids is 2. The summed E-state index contributed by atoms with van der Waals surface area (Å²) in [6.45, 7) is 6.58. The Labute approximate surface area is 178 Å². The standard InChI is InChI=1S/C23H30N4O3/c1-17-4-6-18(7-5-17)22(28)25-19-8-9-21(26(2)3)20(16-19)23(29)24-10-11-27-12-14-30-15-13-27/h4-9,16H,10-15H2,1-3H3,(H,24,29)(H,25,28). The third-order valence-corrected chi connectivity index (χ3v) is 5.11. The van der Waals surface area contributed by atoms with E-state index in [-0.39, 0.29) is 11.8 Å². The van der Waals surface area contributed by atoms with Gasteiger partial charge in [0.15, 0.2) is 0 Å². The zero-order valence-corrected chi connectivity index (χ0v) is 17.9. The van der Waals surface area contributed by atoms with Gasteiger partial charge in [-0.1, -0.05) is 17.7 Å². The molecule has 0 aromatic heterocycles. The Hall–Kier alpha value is -2.90. The molecular weight excluding hydrogens is 380 g/mol. The van der Waals surface area contributed by atoms with Crippen LogP contribution in [0, 0.1) is 6.92 Å². The molecule has 1 aliphatic heterocycles. The van der Waals surface area contributed by atoms with Crippen LogP contribution in [0.2, 0.25) is 0 Å². The molecule has 160 valence electrons. The molecule has 2 N–H and O–H groups in total. The van der Waals surface area contributed by atoms with E-state index in [4.69, 9.17) is 4.74 Å². The molecule has 3 rings (SSSR count). The summed E-state index contributed by atoms with van der Waals surface area (Å²) < 4.78 is 5.35. The van der Waals surface area contributed by atoms with Gasteiger partial charge in [-0.05, 0) is 37.3 Å². The quantitative estimate of drug-likeness (QED) is 0.733. The Balaban J connectivity index is 1.67. The number of nitrogens with one attached hydrogen (secondary N) is 2. The normalized spacial score (nSPS) is 14.2. The number of anilines is 2. The van der Waals surface area contributed by atoms with Crippen LogP contribution in [-0.2, 0) is 4.74 Å². The number of morpholine rings is 1. The van der Waals surface area contributed by atoms with Gasteiger partial charge in [0.1, 0.15) is 0 Å². The molecule has 7 nitrogen and oxygen atoms in total. The minimum Gasteiger partial charge on any atom is -0.379 e. The topological polar surface area (TPSA) is 73.9 Å². The van der Waals surface area contributed by atoms with Crippen molar-refractivity contribution in [1.29, 1.82) is 0 Å². The molecule has 1 saturated heterocycles. The number of benzene rings is 2. The van der Waals surface area contributed by atoms with Crippen LogP contribution in [0.3, 0.4) is 0 Å². The van der Waals surface area contributed by atoms with E-state index >= 15 is 0 Å². The average Bonchev–Trinajstić information content (AvgIpc) is 2.74. The summed E-state index contributed by atoms with van der Waals surface area (Å²) in [5.41, 5.74) is 3.59. The van der Waals surface area contributed by atoms with Gasteiger partial charge in [-0.3, -0.25) is 14.5 Å². The molecule has 2 amide bonds. The maximum atomic E-state index is 12.9. The molecule has 30 heavy (non-hydrogen) atoms. The SMILES string of the molecule is Cc1ccc(C(=O)Nc2ccc(N(C)C)c(C(=O)NCCN3CCOCC3)c2)cc1. The average molecular weight is 411 g/mol. The predicted molar refractivity (Wildman–Crippen MR) is 119 cm³/mol. The number of hydrogen-bond donors (Lipinski definition) is 2. The van der Waals surface area contributed by atoms with Crippen molar-refractivity contribution < 1.29 is 14.3 Å². The van der Waals surface area contributed by atoms with Crippen molar-refractivity contribution in [2.75, 3.05) is 63.7 Å². The number of rotatable bonds is 7. The Morgan fingerprint density at radius 1 is 1.03 bits per heavy atom. The third-order valence-electron chi connectivity index (χ3n) is 5.11. The second-order valence-corrected chi connectivity index (χ2v) is 7.66. The first-order chi connectivity index (χ1) is 14.4. The van der Waals surface area contributed by atoms with Crippen LogP contribution in [0.25, 0.3) is 0 Å². The molecule has 0 aliphatic carbocycles. The molecule has 7 heteroatoms. The summed E-state index contributed by atoms with van der Waals surface area (Å²) in [6, 6.07) is 12.8. The van der Waals surface area contributed by atoms with Crippen molar-refractivity contribution in [2.45, 2.75) is 6.92 Å². The lowest BCUT2D eigenvalue weighted by Crippen LogP contribution is -2.41. The molecule has 2 aromatic rings. The smallest absolute Gasteiger partial charge is 0.255 e. The van der Waals surface area contributed by atoms with Gasteiger partial charge in [-0.15, -0.1) is 0 Å². The highest BCUT2D eigenvalue weighted by Crippen LogP contribution is 2.23. The Bertz CT molecular complexity index is 875. The molecule has 1 heterocycles. The van der Waals surface area contributed by atoms with Gasteiger partial charge in [-0.2, -0.15) is 0 Å². The van der Waals surface area contributed by atoms with Gasteiger partial charge in [0.05, 0.1) is 18.8 Å². The Kier molecular flexibility index (Phi) is 7.43. The van der Waals surface area contributed by atoms with E-state index in [1.54, 1.807) is 18.2 Å². The molecule has 1 fully saturated rings. The lowest BCUT2D eigenvalue weighted by Gasteiger charge is -2.26. The van der Waals surface area contributed by atoms with Crippen LogP contribution in [0.1, 0.15) is 26.3 Å². The minimum atomic E-state index is -0.203. The van der Waals surface area contributed by atoms with E-state index in [9.17, 15) is 9.59 Å². The van der Waals surface area contributed by atoms with E-state index < -0.39 is 0 Å². The van der Waals surface area contributed by atoms with E-state index in [0.717, 1.165) is 44.1 Å². The van der Waals surface area contributed by atoms with Crippen molar-refractivity contribution >= 4 is 23.2 Å². The Morgan fingerprint density at radius 2 is 1.73 bits per heavy atom. The first-order valence-electron chi connectivity index (χ1n) is 10.2. The summed E-state index contributed by atoms with van der Waals surface area (Å²) in [6.07, 6.45) is 0. The largest absolute Gasteiger partial charge is 0.379 e. The van der Waals surface area contributed by atoms with Crippen LogP contribution in [0.5, 0.6) is 0 Å². The zero-order chi connectivity index (χ0) is 21.5. The van der Waals surface area contributed by atoms with E-state index in [1.165, 1.54) is 0 Å². The molecule has 0 bridgehead atoms. The molecular formula is C23H30N4O3. The summed E-state index contributed by atoms with van der Waals surface area (Å²) in [5, 5.41) is 5.89. The highest BCUT2D eigenvalue weighted by Gasteiger charge is 2.16. The maximum Gasteiger partial charge on any atom is 0.255 e. The monoisotopic (exact) mass is 410 g/mol. The van der Waals surface area contributed by atoms with Gasteiger partial charge < -0.3 is 20.3 Å². The molecule has 1 aliphatic rings. The number of ether oxygens (including phenoxy) is 1. The number of hydrogen-bond acceptors (Lipinski definition) is 5. The highest BCUT2D eigenvalue weighted by molar-refractivity contribution is 6.06. The fourth-order valence-electron chi connectivity index (χ4n) is 3.34. The van der Waals surface area contributed by atoms with Gasteiger partial charge in [-0.25, -0.2) is 0 Å². The zero-order valence-electron chi connectivity index (χ0n) is 17.9. The van der Waals surface area contributed by atoms with E-state index in [0.29, 0.717) is 23.4 Å². The molecule has 0 spiro atoms. The molecule has 0 atom stereocenters. The second kappa shape index (κ2) is 10.2. The predicted octanol–water partition coefficient (Wildman–Crippen LogP) is 2.38. The lowest BCUT2D eigenvalue weighted by molar-refractivity contribution is 0.0383. The Morgan fingerprint density at radius 3 is 2.40 bits per heavy atom. The molecule has 0 unspecified atom stereocenters. The molecule has 0 saturated carbocycles. The summed E-state index contributed by atoms with van der Waals surface area (Å²) >= 11 is 0. The number of aryl methyl sites for hydroxylation is 1. The number of amides is 2. The first-order valence-corrected chi connectivity index (χ1v) is 10.2. The lowest BCUT2D eigenvalue weighted by atomic mass is 10.1. The van der Waals surface area contributed by atoms with Crippen molar-refractivity contribution in [3.63, 3.8) is 0 Å². The second-order valence-electron chi connectivity index (χ2n) is 7.66. The number of nitrogens with zero attached hydrogens (tertiary/aromatic N) is 2. The summed E-state index contributed by atoms with van der Waals surface area (Å²) in [4.78, 5) is 29.6. The van der Waals surface area contributed by atoms with E-state index in [2.05, 4.69) is 15.5 Å².